The highest BCUT2D eigenvalue weighted by atomic mass is 19.1. The molecule has 3 atom stereocenters. The number of unbranched alkanes of at least 4 members (excludes halogenated alkanes) is 2. The van der Waals surface area contributed by atoms with Gasteiger partial charge in [-0.25, -0.2) is 4.39 Å². The zero-order valence-corrected chi connectivity index (χ0v) is 28.8. The average molecular weight is 688 g/mol. The third-order valence-electron chi connectivity index (χ3n) is 8.61. The number of carboxylic acids is 1. The van der Waals surface area contributed by atoms with Crippen LogP contribution in [-0.4, -0.2) is 49.5 Å². The summed E-state index contributed by atoms with van der Waals surface area (Å²) in [6.07, 6.45) is 5.26. The first kappa shape index (κ1) is 37.7. The fourth-order valence-electron chi connectivity index (χ4n) is 5.98. The number of hydrogen-bond donors (Lipinski definition) is 2. The van der Waals surface area contributed by atoms with Gasteiger partial charge in [-0.15, -0.1) is 0 Å². The number of carbonyl (C=O) groups is 1. The van der Waals surface area contributed by atoms with Crippen LogP contribution in [0.1, 0.15) is 62.6 Å². The van der Waals surface area contributed by atoms with Gasteiger partial charge in [-0.1, -0.05) is 63.1 Å². The van der Waals surface area contributed by atoms with Crippen molar-refractivity contribution in [2.45, 2.75) is 51.5 Å². The Bertz CT molecular complexity index is 1630. The standard InChI is InChI=1S/C25H23NO5.C8H19N.C6H4FNO2/c1-29-19-10-7-16(8-11-19)24-23(25(27)28)20(14-26(24)18-5-3-2-4-6-18)17-9-12-21-22(13-17)31-15-30-21;1-3-5-7-9-8-6-4-2;7-5-1-3-6(4-2-5)8(9)10/h2-13,20,23-24H,14-15H2,1H3,(H,27,28);9H,3-8H2,1-2H3;1-4H. The van der Waals surface area contributed by atoms with E-state index < -0.39 is 22.6 Å². The number of carboxylic acid groups (broad SMARTS) is 1. The molecule has 11 heteroatoms. The van der Waals surface area contributed by atoms with E-state index in [1.807, 2.05) is 72.8 Å². The number of fused-ring (bicyclic) bond motifs is 1. The number of aliphatic carboxylic acids is 1. The summed E-state index contributed by atoms with van der Waals surface area (Å²) in [7, 11) is 1.62. The minimum atomic E-state index is -0.818. The number of benzene rings is 4. The summed E-state index contributed by atoms with van der Waals surface area (Å²) in [5.41, 5.74) is 2.79. The second kappa shape index (κ2) is 19.1. The lowest BCUT2D eigenvalue weighted by atomic mass is 9.82. The Labute approximate surface area is 293 Å². The monoisotopic (exact) mass is 687 g/mol. The van der Waals surface area contributed by atoms with Crippen molar-refractivity contribution in [2.24, 2.45) is 5.92 Å². The van der Waals surface area contributed by atoms with Crippen LogP contribution in [0.2, 0.25) is 0 Å². The Kier molecular flexibility index (Phi) is 14.4. The van der Waals surface area contributed by atoms with E-state index in [0.717, 1.165) is 46.8 Å². The van der Waals surface area contributed by atoms with E-state index >= 15 is 0 Å². The Morgan fingerprint density at radius 3 is 2.12 bits per heavy atom. The van der Waals surface area contributed by atoms with Gasteiger partial charge < -0.3 is 29.5 Å². The molecule has 10 nitrogen and oxygen atoms in total. The predicted molar refractivity (Wildman–Crippen MR) is 192 cm³/mol. The molecule has 4 aromatic rings. The Hall–Kier alpha value is -5.16. The molecule has 0 amide bonds. The van der Waals surface area contributed by atoms with E-state index in [4.69, 9.17) is 14.2 Å². The number of non-ortho nitro benzene ring substituents is 1. The van der Waals surface area contributed by atoms with Gasteiger partial charge in [0.2, 0.25) is 6.79 Å². The number of nitro benzene ring substituents is 1. The van der Waals surface area contributed by atoms with Crippen LogP contribution in [0, 0.1) is 21.8 Å². The normalized spacial score (nSPS) is 17.2. The molecule has 1 saturated heterocycles. The molecule has 0 spiro atoms. The van der Waals surface area contributed by atoms with Crippen LogP contribution in [0.4, 0.5) is 15.8 Å². The molecule has 4 aromatic carbocycles. The van der Waals surface area contributed by atoms with Crippen LogP contribution in [-0.2, 0) is 4.79 Å². The molecule has 1 fully saturated rings. The van der Waals surface area contributed by atoms with Crippen LogP contribution in [0.15, 0.2) is 97.1 Å². The van der Waals surface area contributed by atoms with Crippen molar-refractivity contribution in [3.05, 3.63) is 124 Å². The number of ether oxygens (including phenoxy) is 3. The van der Waals surface area contributed by atoms with E-state index in [1.165, 1.54) is 38.8 Å². The molecular weight excluding hydrogens is 641 g/mol. The van der Waals surface area contributed by atoms with Gasteiger partial charge >= 0.3 is 5.97 Å². The van der Waals surface area contributed by atoms with Crippen molar-refractivity contribution in [2.75, 3.05) is 38.4 Å². The van der Waals surface area contributed by atoms with Gasteiger partial charge in [0, 0.05) is 30.3 Å². The molecule has 0 saturated carbocycles. The molecule has 2 aliphatic heterocycles. The molecule has 2 heterocycles. The third-order valence-corrected chi connectivity index (χ3v) is 8.61. The number of para-hydroxylation sites is 1. The van der Waals surface area contributed by atoms with Gasteiger partial charge in [0.15, 0.2) is 11.5 Å². The lowest BCUT2D eigenvalue weighted by molar-refractivity contribution is -0.384. The zero-order chi connectivity index (χ0) is 35.9. The van der Waals surface area contributed by atoms with Gasteiger partial charge in [-0.05, 0) is 85.6 Å². The fourth-order valence-corrected chi connectivity index (χ4v) is 5.98. The van der Waals surface area contributed by atoms with Crippen LogP contribution in [0.25, 0.3) is 0 Å². The quantitative estimate of drug-likeness (QED) is 0.0859. The second-order valence-corrected chi connectivity index (χ2v) is 12.0. The third kappa shape index (κ3) is 10.2. The number of nitrogens with one attached hydrogen (secondary N) is 1. The van der Waals surface area contributed by atoms with E-state index in [1.54, 1.807) is 7.11 Å². The smallest absolute Gasteiger partial charge is 0.309 e. The van der Waals surface area contributed by atoms with Crippen molar-refractivity contribution in [1.29, 1.82) is 0 Å². The Morgan fingerprint density at radius 1 is 0.920 bits per heavy atom. The van der Waals surface area contributed by atoms with Gasteiger partial charge in [0.25, 0.3) is 5.69 Å². The van der Waals surface area contributed by atoms with Crippen LogP contribution in [0.5, 0.6) is 17.2 Å². The predicted octanol–water partition coefficient (Wildman–Crippen LogP) is 8.38. The summed E-state index contributed by atoms with van der Waals surface area (Å²) in [5, 5.41) is 23.7. The molecule has 266 valence electrons. The van der Waals surface area contributed by atoms with Crippen molar-refractivity contribution in [3.63, 3.8) is 0 Å². The highest BCUT2D eigenvalue weighted by Crippen LogP contribution is 2.49. The minimum absolute atomic E-state index is 0.0959. The number of rotatable bonds is 12. The maximum atomic E-state index is 12.6. The average Bonchev–Trinajstić information content (AvgIpc) is 3.78. The fraction of sp³-hybridized carbons (Fsp3) is 0.359. The van der Waals surface area contributed by atoms with E-state index in [9.17, 15) is 24.4 Å². The summed E-state index contributed by atoms with van der Waals surface area (Å²) in [6, 6.07) is 27.4. The lowest BCUT2D eigenvalue weighted by Gasteiger charge is -2.29. The molecule has 0 bridgehead atoms. The summed E-state index contributed by atoms with van der Waals surface area (Å²) in [5.74, 6) is -0.0194. The van der Waals surface area contributed by atoms with Gasteiger partial charge in [0.05, 0.1) is 24.0 Å². The molecule has 2 aliphatic rings. The second-order valence-electron chi connectivity index (χ2n) is 12.0. The van der Waals surface area contributed by atoms with E-state index in [0.29, 0.717) is 18.0 Å². The molecular formula is C39H46FN3O7. The number of halogens is 1. The van der Waals surface area contributed by atoms with E-state index in [-0.39, 0.29) is 24.4 Å². The Morgan fingerprint density at radius 2 is 1.54 bits per heavy atom. The van der Waals surface area contributed by atoms with Crippen LogP contribution < -0.4 is 24.4 Å². The van der Waals surface area contributed by atoms with Crippen molar-refractivity contribution < 1.29 is 33.4 Å². The van der Waals surface area contributed by atoms with Crippen molar-refractivity contribution in [3.8, 4) is 17.2 Å². The minimum Gasteiger partial charge on any atom is -0.497 e. The van der Waals surface area contributed by atoms with Gasteiger partial charge in [-0.3, -0.25) is 14.9 Å². The zero-order valence-electron chi connectivity index (χ0n) is 28.8. The highest BCUT2D eigenvalue weighted by molar-refractivity contribution is 5.76. The molecule has 0 aliphatic carbocycles. The first-order chi connectivity index (χ1) is 24.3. The maximum Gasteiger partial charge on any atom is 0.309 e. The summed E-state index contributed by atoms with van der Waals surface area (Å²) in [4.78, 5) is 24.2. The first-order valence-corrected chi connectivity index (χ1v) is 17.0. The summed E-state index contributed by atoms with van der Waals surface area (Å²) < 4.78 is 28.4. The maximum absolute atomic E-state index is 12.6. The molecule has 0 aromatic heterocycles. The number of nitro groups is 1. The van der Waals surface area contributed by atoms with Gasteiger partial charge in [-0.2, -0.15) is 0 Å². The number of methoxy groups -OCH3 is 1. The van der Waals surface area contributed by atoms with Crippen molar-refractivity contribution in [1.82, 2.24) is 5.32 Å². The topological polar surface area (TPSA) is 123 Å². The summed E-state index contributed by atoms with van der Waals surface area (Å²) >= 11 is 0. The highest BCUT2D eigenvalue weighted by Gasteiger charge is 2.47. The number of nitrogens with zero attached hydrogens (tertiary/aromatic N) is 2. The molecule has 2 N–H and O–H groups in total. The summed E-state index contributed by atoms with van der Waals surface area (Å²) in [6.45, 7) is 7.63. The molecule has 3 unspecified atom stereocenters. The largest absolute Gasteiger partial charge is 0.497 e. The molecule has 0 radical (unpaired) electrons. The number of hydrogen-bond acceptors (Lipinski definition) is 8. The van der Waals surface area contributed by atoms with E-state index in [2.05, 4.69) is 24.1 Å². The lowest BCUT2D eigenvalue weighted by Crippen LogP contribution is -2.28. The Balaban J connectivity index is 0.000000242. The first-order valence-electron chi connectivity index (χ1n) is 17.0. The van der Waals surface area contributed by atoms with Crippen molar-refractivity contribution >= 4 is 17.3 Å². The van der Waals surface area contributed by atoms with Crippen LogP contribution in [0.3, 0.4) is 0 Å². The van der Waals surface area contributed by atoms with Crippen LogP contribution >= 0.6 is 0 Å². The molecule has 6 rings (SSSR count). The van der Waals surface area contributed by atoms with Gasteiger partial charge in [0.1, 0.15) is 11.6 Å². The number of anilines is 1. The SMILES string of the molecule is CCCCNCCCC.COc1ccc(C2C(C(=O)O)C(c3ccc4c(c3)OCO4)CN2c2ccccc2)cc1.O=[N+]([O-])c1ccc(F)cc1. The molecule has 50 heavy (non-hydrogen) atoms.